The van der Waals surface area contributed by atoms with Crippen LogP contribution in [-0.2, 0) is 6.54 Å². The van der Waals surface area contributed by atoms with Gasteiger partial charge in [0.1, 0.15) is 6.26 Å². The lowest BCUT2D eigenvalue weighted by Gasteiger charge is -2.22. The monoisotopic (exact) mass is 372 g/mol. The number of fused-ring (bicyclic) bond motifs is 2. The molecule has 0 saturated carbocycles. The maximum atomic E-state index is 5.83. The molecule has 2 heterocycles. The van der Waals surface area contributed by atoms with E-state index in [1.54, 1.807) is 6.26 Å². The predicted octanol–water partition coefficient (Wildman–Crippen LogP) is 5.25. The molecule has 0 unspecified atom stereocenters. The molecule has 0 amide bonds. The van der Waals surface area contributed by atoms with Crippen LogP contribution in [0.15, 0.2) is 71.3 Å². The fourth-order valence-corrected chi connectivity index (χ4v) is 3.58. The Hall–Kier alpha value is -3.47. The molecule has 0 fully saturated rings. The summed E-state index contributed by atoms with van der Waals surface area (Å²) in [5, 5.41) is 2.32. The van der Waals surface area contributed by atoms with Gasteiger partial charge in [0.15, 0.2) is 11.5 Å². The van der Waals surface area contributed by atoms with E-state index < -0.39 is 0 Å². The second-order valence-electron chi connectivity index (χ2n) is 6.72. The number of anilines is 1. The van der Waals surface area contributed by atoms with E-state index in [2.05, 4.69) is 30.0 Å². The molecule has 0 spiro atoms. The summed E-state index contributed by atoms with van der Waals surface area (Å²) in [7, 11) is 0. The maximum Gasteiger partial charge on any atom is 0.231 e. The van der Waals surface area contributed by atoms with Crippen LogP contribution in [-0.4, -0.2) is 18.3 Å². The van der Waals surface area contributed by atoms with Gasteiger partial charge in [-0.25, -0.2) is 4.98 Å². The van der Waals surface area contributed by atoms with Gasteiger partial charge in [0.25, 0.3) is 0 Å². The molecule has 4 aromatic rings. The molecule has 1 aromatic heterocycles. The highest BCUT2D eigenvalue weighted by Gasteiger charge is 2.17. The average Bonchev–Trinajstić information content (AvgIpc) is 3.40. The fraction of sp³-hybridized carbons (Fsp3) is 0.174. The minimum absolute atomic E-state index is 0.280. The first-order valence-electron chi connectivity index (χ1n) is 9.39. The number of benzene rings is 3. The van der Waals surface area contributed by atoms with Crippen LogP contribution in [0, 0.1) is 0 Å². The van der Waals surface area contributed by atoms with Crippen molar-refractivity contribution in [2.45, 2.75) is 13.5 Å². The Labute approximate surface area is 163 Å². The molecular formula is C23H20N2O3. The second-order valence-corrected chi connectivity index (χ2v) is 6.72. The molecule has 0 radical (unpaired) electrons. The smallest absolute Gasteiger partial charge is 0.231 e. The number of aromatic nitrogens is 1. The largest absolute Gasteiger partial charge is 0.454 e. The summed E-state index contributed by atoms with van der Waals surface area (Å²) < 4.78 is 16.7. The number of ether oxygens (including phenoxy) is 2. The lowest BCUT2D eigenvalue weighted by Crippen LogP contribution is -2.22. The summed E-state index contributed by atoms with van der Waals surface area (Å²) in [6, 6.07) is 20.5. The molecule has 0 saturated heterocycles. The van der Waals surface area contributed by atoms with Crippen LogP contribution in [0.5, 0.6) is 11.5 Å². The lowest BCUT2D eigenvalue weighted by atomic mass is 10.0. The van der Waals surface area contributed by atoms with Crippen LogP contribution < -0.4 is 14.4 Å². The van der Waals surface area contributed by atoms with Crippen molar-refractivity contribution >= 4 is 16.5 Å². The Morgan fingerprint density at radius 2 is 1.82 bits per heavy atom. The zero-order chi connectivity index (χ0) is 18.9. The number of hydrogen-bond donors (Lipinski definition) is 0. The quantitative estimate of drug-likeness (QED) is 0.479. The van der Waals surface area contributed by atoms with E-state index in [4.69, 9.17) is 18.9 Å². The minimum Gasteiger partial charge on any atom is -0.454 e. The van der Waals surface area contributed by atoms with Crippen molar-refractivity contribution in [1.29, 1.82) is 0 Å². The van der Waals surface area contributed by atoms with E-state index >= 15 is 0 Å². The Kier molecular flexibility index (Phi) is 4.13. The van der Waals surface area contributed by atoms with Crippen LogP contribution in [0.4, 0.5) is 5.69 Å². The molecule has 5 rings (SSSR count). The lowest BCUT2D eigenvalue weighted by molar-refractivity contribution is 0.174. The van der Waals surface area contributed by atoms with Crippen molar-refractivity contribution in [2.75, 3.05) is 18.2 Å². The van der Waals surface area contributed by atoms with Crippen LogP contribution in [0.3, 0.4) is 0 Å². The Morgan fingerprint density at radius 1 is 0.964 bits per heavy atom. The Bertz CT molecular complexity index is 1130. The van der Waals surface area contributed by atoms with Gasteiger partial charge in [0, 0.05) is 23.9 Å². The number of hydrogen-bond acceptors (Lipinski definition) is 5. The van der Waals surface area contributed by atoms with Crippen molar-refractivity contribution in [2.24, 2.45) is 0 Å². The van der Waals surface area contributed by atoms with Gasteiger partial charge < -0.3 is 18.8 Å². The van der Waals surface area contributed by atoms with Crippen molar-refractivity contribution in [3.8, 4) is 23.0 Å². The van der Waals surface area contributed by atoms with E-state index in [9.17, 15) is 0 Å². The molecule has 0 aliphatic carbocycles. The summed E-state index contributed by atoms with van der Waals surface area (Å²) in [6.45, 7) is 3.90. The van der Waals surface area contributed by atoms with Crippen molar-refractivity contribution in [1.82, 2.24) is 4.98 Å². The molecule has 5 nitrogen and oxygen atoms in total. The first-order chi connectivity index (χ1) is 13.8. The maximum absolute atomic E-state index is 5.83. The third-order valence-corrected chi connectivity index (χ3v) is 5.03. The van der Waals surface area contributed by atoms with E-state index in [1.165, 1.54) is 5.39 Å². The summed E-state index contributed by atoms with van der Waals surface area (Å²) in [6.07, 6.45) is 1.74. The molecular weight excluding hydrogens is 352 g/mol. The number of nitrogens with zero attached hydrogens (tertiary/aromatic N) is 2. The van der Waals surface area contributed by atoms with Crippen LogP contribution in [0.25, 0.3) is 22.2 Å². The van der Waals surface area contributed by atoms with Gasteiger partial charge in [-0.2, -0.15) is 0 Å². The SMILES string of the molecule is CCN(Cc1coc(-c2cccc3ccccc23)n1)c1ccc2c(c1)OCO2. The Balaban J connectivity index is 1.42. The summed E-state index contributed by atoms with van der Waals surface area (Å²) in [5.41, 5.74) is 2.97. The van der Waals surface area contributed by atoms with Gasteiger partial charge in [0.05, 0.1) is 12.2 Å². The van der Waals surface area contributed by atoms with E-state index in [0.717, 1.165) is 40.4 Å². The van der Waals surface area contributed by atoms with Gasteiger partial charge in [-0.05, 0) is 35.9 Å². The van der Waals surface area contributed by atoms with E-state index in [0.29, 0.717) is 12.4 Å². The zero-order valence-corrected chi connectivity index (χ0v) is 15.6. The first kappa shape index (κ1) is 16.7. The molecule has 0 N–H and O–H groups in total. The van der Waals surface area contributed by atoms with Gasteiger partial charge in [-0.15, -0.1) is 0 Å². The van der Waals surface area contributed by atoms with Crippen LogP contribution in [0.2, 0.25) is 0 Å². The molecule has 3 aromatic carbocycles. The summed E-state index contributed by atoms with van der Waals surface area (Å²) in [4.78, 5) is 6.98. The first-order valence-corrected chi connectivity index (χ1v) is 9.39. The molecule has 1 aliphatic rings. The average molecular weight is 372 g/mol. The summed E-state index contributed by atoms with van der Waals surface area (Å²) in [5.74, 6) is 2.22. The molecule has 1 aliphatic heterocycles. The zero-order valence-electron chi connectivity index (χ0n) is 15.6. The standard InChI is InChI=1S/C23H20N2O3/c1-2-25(18-10-11-21-22(12-18)28-15-27-21)13-17-14-26-23(24-17)20-9-5-7-16-6-3-4-8-19(16)20/h3-12,14H,2,13,15H2,1H3. The molecule has 0 bridgehead atoms. The molecule has 140 valence electrons. The van der Waals surface area contributed by atoms with Gasteiger partial charge in [0.2, 0.25) is 12.7 Å². The van der Waals surface area contributed by atoms with Gasteiger partial charge in [-0.1, -0.05) is 36.4 Å². The minimum atomic E-state index is 0.280. The third kappa shape index (κ3) is 2.95. The predicted molar refractivity (Wildman–Crippen MR) is 109 cm³/mol. The molecule has 0 atom stereocenters. The fourth-order valence-electron chi connectivity index (χ4n) is 3.58. The van der Waals surface area contributed by atoms with Crippen LogP contribution >= 0.6 is 0 Å². The topological polar surface area (TPSA) is 47.7 Å². The van der Waals surface area contributed by atoms with Gasteiger partial charge in [-0.3, -0.25) is 0 Å². The highest BCUT2D eigenvalue weighted by atomic mass is 16.7. The highest BCUT2D eigenvalue weighted by molar-refractivity contribution is 5.94. The van der Waals surface area contributed by atoms with Crippen molar-refractivity contribution in [3.05, 3.63) is 72.6 Å². The number of oxazole rings is 1. The Morgan fingerprint density at radius 3 is 2.75 bits per heavy atom. The summed E-state index contributed by atoms with van der Waals surface area (Å²) >= 11 is 0. The second kappa shape index (κ2) is 6.93. The van der Waals surface area contributed by atoms with Crippen molar-refractivity contribution in [3.63, 3.8) is 0 Å². The molecule has 5 heteroatoms. The highest BCUT2D eigenvalue weighted by Crippen LogP contribution is 2.36. The van der Waals surface area contributed by atoms with Gasteiger partial charge >= 0.3 is 0 Å². The van der Waals surface area contributed by atoms with Crippen LogP contribution in [0.1, 0.15) is 12.6 Å². The van der Waals surface area contributed by atoms with E-state index in [1.807, 2.05) is 42.5 Å². The molecule has 28 heavy (non-hydrogen) atoms. The number of rotatable bonds is 5. The third-order valence-electron chi connectivity index (χ3n) is 5.03. The normalized spacial score (nSPS) is 12.5. The van der Waals surface area contributed by atoms with E-state index in [-0.39, 0.29) is 6.79 Å². The van der Waals surface area contributed by atoms with Crippen molar-refractivity contribution < 1.29 is 13.9 Å².